The molecule has 0 amide bonds. The summed E-state index contributed by atoms with van der Waals surface area (Å²) in [6.07, 6.45) is 0.328. The van der Waals surface area contributed by atoms with E-state index in [-0.39, 0.29) is 5.01 Å². The molecule has 0 saturated heterocycles. The van der Waals surface area contributed by atoms with Gasteiger partial charge in [0, 0.05) is 0 Å². The molecule has 0 aliphatic carbocycles. The Morgan fingerprint density at radius 2 is 1.71 bits per heavy atom. The second-order valence-electron chi connectivity index (χ2n) is 1.73. The molecule has 0 bridgehead atoms. The van der Waals surface area contributed by atoms with E-state index in [1.165, 1.54) is 0 Å². The minimum absolute atomic E-state index is 0.187. The molecule has 0 aromatic carbocycles. The first-order valence-electron chi connectivity index (χ1n) is 2.42. The molecule has 7 heavy (non-hydrogen) atoms. The van der Waals surface area contributed by atoms with Gasteiger partial charge < -0.3 is 4.74 Å². The van der Waals surface area contributed by atoms with E-state index in [4.69, 9.17) is 4.74 Å². The summed E-state index contributed by atoms with van der Waals surface area (Å²) in [5.41, 5.74) is 0. The van der Waals surface area contributed by atoms with Gasteiger partial charge in [-0.25, -0.2) is 0 Å². The van der Waals surface area contributed by atoms with E-state index in [1.54, 1.807) is 0 Å². The van der Waals surface area contributed by atoms with Crippen molar-refractivity contribution < 1.29 is 4.74 Å². The monoisotopic (exact) mass is 166 g/mol. The van der Waals surface area contributed by atoms with Crippen molar-refractivity contribution in [2.45, 2.75) is 31.9 Å². The molecule has 0 aromatic heterocycles. The van der Waals surface area contributed by atoms with Crippen LogP contribution in [-0.2, 0) is 4.74 Å². The molecule has 0 aliphatic rings. The number of halogens is 1. The first-order valence-corrected chi connectivity index (χ1v) is 3.34. The predicted molar refractivity (Wildman–Crippen MR) is 34.6 cm³/mol. The number of hydrogen-bond acceptors (Lipinski definition) is 1. The molecule has 1 nitrogen and oxygen atoms in total. The summed E-state index contributed by atoms with van der Waals surface area (Å²) in [6, 6.07) is 0. The maximum atomic E-state index is 5.17. The van der Waals surface area contributed by atoms with Gasteiger partial charge in [0.05, 0.1) is 6.10 Å². The molecule has 0 rings (SSSR count). The first kappa shape index (κ1) is 7.44. The van der Waals surface area contributed by atoms with Crippen molar-refractivity contribution in [3.8, 4) is 0 Å². The fourth-order valence-electron chi connectivity index (χ4n) is 0.375. The highest BCUT2D eigenvalue weighted by molar-refractivity contribution is 9.09. The molecule has 2 heteroatoms. The van der Waals surface area contributed by atoms with Gasteiger partial charge >= 0.3 is 0 Å². The molecule has 44 valence electrons. The molecule has 0 radical (unpaired) electrons. The summed E-state index contributed by atoms with van der Waals surface area (Å²) in [5.74, 6) is 0. The smallest absolute Gasteiger partial charge is 0.110 e. The van der Waals surface area contributed by atoms with Gasteiger partial charge in [0.1, 0.15) is 5.01 Å². The average Bonchev–Trinajstić information content (AvgIpc) is 1.27. The molecule has 0 spiro atoms. The van der Waals surface area contributed by atoms with Crippen LogP contribution in [0.25, 0.3) is 0 Å². The van der Waals surface area contributed by atoms with Crippen LogP contribution < -0.4 is 0 Å². The standard InChI is InChI=1S/C5H11BrO/c1-4(2)7-5(3)6/h4-5H,1-3H3. The largest absolute Gasteiger partial charge is 0.365 e. The van der Waals surface area contributed by atoms with Crippen LogP contribution in [0.4, 0.5) is 0 Å². The van der Waals surface area contributed by atoms with Crippen LogP contribution >= 0.6 is 15.9 Å². The van der Waals surface area contributed by atoms with Gasteiger partial charge in [-0.15, -0.1) is 0 Å². The third-order valence-corrected chi connectivity index (χ3v) is 0.676. The van der Waals surface area contributed by atoms with E-state index in [0.717, 1.165) is 0 Å². The Balaban J connectivity index is 2.95. The SMILES string of the molecule is CC(C)OC(C)Br. The van der Waals surface area contributed by atoms with Crippen molar-refractivity contribution in [3.63, 3.8) is 0 Å². The second-order valence-corrected chi connectivity index (χ2v) is 3.02. The van der Waals surface area contributed by atoms with Crippen molar-refractivity contribution in [3.05, 3.63) is 0 Å². The Kier molecular flexibility index (Phi) is 3.66. The minimum atomic E-state index is 0.187. The number of ether oxygens (including phenoxy) is 1. The highest BCUT2D eigenvalue weighted by atomic mass is 79.9. The van der Waals surface area contributed by atoms with E-state index < -0.39 is 0 Å². The Hall–Kier alpha value is 0.440. The predicted octanol–water partition coefficient (Wildman–Crippen LogP) is 2.15. The zero-order valence-electron chi connectivity index (χ0n) is 4.94. The van der Waals surface area contributed by atoms with E-state index in [9.17, 15) is 0 Å². The number of hydrogen-bond donors (Lipinski definition) is 0. The summed E-state index contributed by atoms with van der Waals surface area (Å²) in [6.45, 7) is 5.98. The summed E-state index contributed by atoms with van der Waals surface area (Å²) < 4.78 is 5.17. The van der Waals surface area contributed by atoms with Gasteiger partial charge in [-0.1, -0.05) is 15.9 Å². The van der Waals surface area contributed by atoms with Crippen molar-refractivity contribution in [2.75, 3.05) is 0 Å². The Bertz CT molecular complexity index is 37.3. The lowest BCUT2D eigenvalue weighted by Crippen LogP contribution is -2.06. The van der Waals surface area contributed by atoms with Crippen molar-refractivity contribution in [2.24, 2.45) is 0 Å². The minimum Gasteiger partial charge on any atom is -0.365 e. The third kappa shape index (κ3) is 6.44. The molecule has 0 fully saturated rings. The van der Waals surface area contributed by atoms with Gasteiger partial charge in [-0.3, -0.25) is 0 Å². The van der Waals surface area contributed by atoms with Crippen LogP contribution in [0, 0.1) is 0 Å². The van der Waals surface area contributed by atoms with Crippen molar-refractivity contribution in [1.82, 2.24) is 0 Å². The summed E-state index contributed by atoms with van der Waals surface area (Å²) in [7, 11) is 0. The van der Waals surface area contributed by atoms with E-state index in [1.807, 2.05) is 20.8 Å². The molecular weight excluding hydrogens is 156 g/mol. The molecule has 0 aromatic rings. The summed E-state index contributed by atoms with van der Waals surface area (Å²) in [5, 5.41) is 0.187. The van der Waals surface area contributed by atoms with Crippen LogP contribution in [0.2, 0.25) is 0 Å². The lowest BCUT2D eigenvalue weighted by Gasteiger charge is -2.07. The van der Waals surface area contributed by atoms with Gasteiger partial charge in [-0.2, -0.15) is 0 Å². The zero-order chi connectivity index (χ0) is 5.86. The quantitative estimate of drug-likeness (QED) is 0.572. The zero-order valence-corrected chi connectivity index (χ0v) is 6.53. The maximum absolute atomic E-state index is 5.17. The number of alkyl halides is 1. The maximum Gasteiger partial charge on any atom is 0.110 e. The lowest BCUT2D eigenvalue weighted by atomic mass is 10.5. The Morgan fingerprint density at radius 3 is 1.71 bits per heavy atom. The average molecular weight is 167 g/mol. The van der Waals surface area contributed by atoms with Crippen LogP contribution in [0.3, 0.4) is 0 Å². The topological polar surface area (TPSA) is 9.23 Å². The Labute approximate surface area is 53.2 Å². The van der Waals surface area contributed by atoms with Gasteiger partial charge in [0.2, 0.25) is 0 Å². The second kappa shape index (κ2) is 3.44. The van der Waals surface area contributed by atoms with Gasteiger partial charge in [0.15, 0.2) is 0 Å². The summed E-state index contributed by atoms with van der Waals surface area (Å²) >= 11 is 3.25. The highest BCUT2D eigenvalue weighted by Gasteiger charge is 1.95. The van der Waals surface area contributed by atoms with Crippen LogP contribution in [0.1, 0.15) is 20.8 Å². The molecule has 1 atom stereocenters. The lowest BCUT2D eigenvalue weighted by molar-refractivity contribution is 0.0729. The van der Waals surface area contributed by atoms with Gasteiger partial charge in [0.25, 0.3) is 0 Å². The van der Waals surface area contributed by atoms with Crippen LogP contribution in [0.5, 0.6) is 0 Å². The summed E-state index contributed by atoms with van der Waals surface area (Å²) in [4.78, 5) is 0. The molecule has 0 saturated carbocycles. The van der Waals surface area contributed by atoms with E-state index in [0.29, 0.717) is 6.10 Å². The van der Waals surface area contributed by atoms with E-state index >= 15 is 0 Å². The highest BCUT2D eigenvalue weighted by Crippen LogP contribution is 2.02. The van der Waals surface area contributed by atoms with Crippen LogP contribution in [0.15, 0.2) is 0 Å². The fourth-order valence-corrected chi connectivity index (χ4v) is 0.807. The van der Waals surface area contributed by atoms with Crippen molar-refractivity contribution in [1.29, 1.82) is 0 Å². The van der Waals surface area contributed by atoms with Gasteiger partial charge in [-0.05, 0) is 20.8 Å². The Morgan fingerprint density at radius 1 is 1.29 bits per heavy atom. The fraction of sp³-hybridized carbons (Fsp3) is 1.00. The molecule has 0 heterocycles. The third-order valence-electron chi connectivity index (χ3n) is 0.460. The molecule has 1 unspecified atom stereocenters. The van der Waals surface area contributed by atoms with Crippen LogP contribution in [-0.4, -0.2) is 11.1 Å². The first-order chi connectivity index (χ1) is 3.13. The van der Waals surface area contributed by atoms with Crippen molar-refractivity contribution >= 4 is 15.9 Å². The molecule has 0 N–H and O–H groups in total. The normalized spacial score (nSPS) is 15.0. The van der Waals surface area contributed by atoms with E-state index in [2.05, 4.69) is 15.9 Å². The number of rotatable bonds is 2. The molecular formula is C5H11BrO. The molecule has 0 aliphatic heterocycles.